The summed E-state index contributed by atoms with van der Waals surface area (Å²) in [6.45, 7) is 0. The van der Waals surface area contributed by atoms with Crippen molar-refractivity contribution in [2.24, 2.45) is 0 Å². The summed E-state index contributed by atoms with van der Waals surface area (Å²) in [5.41, 5.74) is 6.57. The molecule has 10 heavy (non-hydrogen) atoms. The van der Waals surface area contributed by atoms with E-state index >= 15 is 0 Å². The SMILES string of the molecule is Nc1nccc(C2C[I-]2)n1. The standard InChI is InChI=1S/C6H7IN3/c8-6-9-2-1-5(10-6)4-3-7-4/h1-2,4H,3H2,(H2,8,9,10)/q-1. The van der Waals surface area contributed by atoms with E-state index in [4.69, 9.17) is 5.73 Å². The zero-order valence-corrected chi connectivity index (χ0v) is 7.45. The fourth-order valence-electron chi connectivity index (χ4n) is 0.765. The molecular weight excluding hydrogens is 241 g/mol. The first-order valence-electron chi connectivity index (χ1n) is 3.02. The van der Waals surface area contributed by atoms with Crippen molar-refractivity contribution in [2.75, 3.05) is 10.2 Å². The number of hydrogen-bond donors (Lipinski definition) is 1. The van der Waals surface area contributed by atoms with E-state index in [1.807, 2.05) is 6.07 Å². The van der Waals surface area contributed by atoms with E-state index in [0.717, 1.165) is 9.62 Å². The van der Waals surface area contributed by atoms with E-state index < -0.39 is 0 Å². The number of anilines is 1. The molecule has 0 saturated carbocycles. The normalized spacial score (nSPS) is 23.4. The third-order valence-electron chi connectivity index (χ3n) is 1.33. The second-order valence-corrected chi connectivity index (χ2v) is 5.38. The molecule has 0 amide bonds. The van der Waals surface area contributed by atoms with Crippen LogP contribution in [0, 0.1) is 0 Å². The molecule has 2 heterocycles. The van der Waals surface area contributed by atoms with Gasteiger partial charge in [-0.3, -0.25) is 0 Å². The molecule has 1 aromatic rings. The van der Waals surface area contributed by atoms with Crippen molar-refractivity contribution in [3.05, 3.63) is 18.0 Å². The first-order valence-corrected chi connectivity index (χ1v) is 5.79. The van der Waals surface area contributed by atoms with Crippen LogP contribution >= 0.6 is 0 Å². The third-order valence-corrected chi connectivity index (χ3v) is 3.72. The molecular formula is C6H7IN3-. The Morgan fingerprint density at radius 2 is 2.50 bits per heavy atom. The molecule has 2 N–H and O–H groups in total. The van der Waals surface area contributed by atoms with Crippen molar-refractivity contribution >= 4 is 5.95 Å². The van der Waals surface area contributed by atoms with Crippen LogP contribution in [0.5, 0.6) is 0 Å². The van der Waals surface area contributed by atoms with E-state index in [2.05, 4.69) is 9.97 Å². The molecule has 0 aliphatic carbocycles. The molecule has 2 rings (SSSR count). The number of nitrogens with zero attached hydrogens (tertiary/aromatic N) is 2. The second kappa shape index (κ2) is 2.34. The summed E-state index contributed by atoms with van der Waals surface area (Å²) in [6, 6.07) is 1.97. The third kappa shape index (κ3) is 1.21. The zero-order chi connectivity index (χ0) is 6.97. The number of halogens is 1. The first kappa shape index (κ1) is 6.33. The summed E-state index contributed by atoms with van der Waals surface area (Å²) in [6.07, 6.45) is 1.74. The average Bonchev–Trinajstić information content (AvgIpc) is 2.68. The van der Waals surface area contributed by atoms with Gasteiger partial charge in [0.2, 0.25) is 0 Å². The Labute approximate surface area is 69.3 Å². The molecule has 1 fully saturated rings. The molecule has 0 radical (unpaired) electrons. The quantitative estimate of drug-likeness (QED) is 0.431. The molecule has 4 heteroatoms. The number of nitrogen functional groups attached to an aromatic ring is 1. The Kier molecular flexibility index (Phi) is 1.48. The van der Waals surface area contributed by atoms with Crippen LogP contribution in [-0.4, -0.2) is 14.4 Å². The molecule has 1 atom stereocenters. The summed E-state index contributed by atoms with van der Waals surface area (Å²) in [5, 5.41) is 0. The summed E-state index contributed by atoms with van der Waals surface area (Å²) in [5.74, 6) is 0.411. The van der Waals surface area contributed by atoms with Gasteiger partial charge in [0.1, 0.15) is 0 Å². The van der Waals surface area contributed by atoms with Crippen molar-refractivity contribution in [1.82, 2.24) is 9.97 Å². The van der Waals surface area contributed by atoms with Crippen molar-refractivity contribution in [3.63, 3.8) is 0 Å². The summed E-state index contributed by atoms with van der Waals surface area (Å²) < 4.78 is 2.15. The van der Waals surface area contributed by atoms with Gasteiger partial charge in [-0.05, 0) is 0 Å². The van der Waals surface area contributed by atoms with Gasteiger partial charge in [0.25, 0.3) is 0 Å². The topological polar surface area (TPSA) is 51.8 Å². The van der Waals surface area contributed by atoms with Gasteiger partial charge in [0.05, 0.1) is 0 Å². The van der Waals surface area contributed by atoms with Gasteiger partial charge in [0.15, 0.2) is 0 Å². The maximum absolute atomic E-state index is 5.41. The van der Waals surface area contributed by atoms with Gasteiger partial charge < -0.3 is 0 Å². The zero-order valence-electron chi connectivity index (χ0n) is 5.29. The number of rotatable bonds is 1. The van der Waals surface area contributed by atoms with Gasteiger partial charge in [-0.1, -0.05) is 0 Å². The van der Waals surface area contributed by atoms with Crippen LogP contribution in [0.15, 0.2) is 12.3 Å². The Hall–Kier alpha value is -0.390. The summed E-state index contributed by atoms with van der Waals surface area (Å²) in [4.78, 5) is 7.96. The van der Waals surface area contributed by atoms with Crippen molar-refractivity contribution in [2.45, 2.75) is 3.92 Å². The van der Waals surface area contributed by atoms with Crippen LogP contribution in [0.4, 0.5) is 5.95 Å². The minimum absolute atomic E-state index is 0.411. The molecule has 1 aliphatic rings. The van der Waals surface area contributed by atoms with E-state index in [0.29, 0.717) is 27.2 Å². The predicted octanol–water partition coefficient (Wildman–Crippen LogP) is -2.80. The number of hydrogen-bond acceptors (Lipinski definition) is 3. The molecule has 1 unspecified atom stereocenters. The minimum atomic E-state index is 0.411. The molecule has 0 bridgehead atoms. The van der Waals surface area contributed by atoms with E-state index in [1.165, 1.54) is 4.43 Å². The molecule has 0 aromatic carbocycles. The van der Waals surface area contributed by atoms with Crippen LogP contribution in [0.2, 0.25) is 0 Å². The van der Waals surface area contributed by atoms with Gasteiger partial charge in [0, 0.05) is 0 Å². The number of alkyl halides is 2. The maximum atomic E-state index is 5.41. The second-order valence-electron chi connectivity index (χ2n) is 2.12. The van der Waals surface area contributed by atoms with Crippen LogP contribution in [0.25, 0.3) is 0 Å². The molecule has 54 valence electrons. The van der Waals surface area contributed by atoms with Crippen molar-refractivity contribution in [1.29, 1.82) is 0 Å². The predicted molar refractivity (Wildman–Crippen MR) is 34.1 cm³/mol. The Bertz CT molecular complexity index is 247. The van der Waals surface area contributed by atoms with E-state index in [1.54, 1.807) is 6.20 Å². The first-order chi connectivity index (χ1) is 4.86. The van der Waals surface area contributed by atoms with Crippen LogP contribution in [0.1, 0.15) is 9.62 Å². The van der Waals surface area contributed by atoms with Crippen LogP contribution < -0.4 is 26.9 Å². The Morgan fingerprint density at radius 3 is 3.10 bits per heavy atom. The average molecular weight is 248 g/mol. The van der Waals surface area contributed by atoms with Gasteiger partial charge in [-0.25, -0.2) is 0 Å². The van der Waals surface area contributed by atoms with Gasteiger partial charge in [-0.15, -0.1) is 0 Å². The van der Waals surface area contributed by atoms with E-state index in [9.17, 15) is 0 Å². The van der Waals surface area contributed by atoms with Crippen LogP contribution in [0.3, 0.4) is 0 Å². The van der Waals surface area contributed by atoms with Crippen LogP contribution in [-0.2, 0) is 0 Å². The Balaban J connectivity index is 2.32. The van der Waals surface area contributed by atoms with Crippen molar-refractivity contribution < 1.29 is 21.2 Å². The number of nitrogens with two attached hydrogens (primary N) is 1. The number of aromatic nitrogens is 2. The fourth-order valence-corrected chi connectivity index (χ4v) is 2.27. The summed E-state index contributed by atoms with van der Waals surface area (Å²) >= 11 is 0.437. The monoisotopic (exact) mass is 248 g/mol. The molecule has 1 saturated heterocycles. The fraction of sp³-hybridized carbons (Fsp3) is 0.333. The molecule has 1 aliphatic heterocycles. The van der Waals surface area contributed by atoms with Gasteiger partial charge in [-0.2, -0.15) is 0 Å². The summed E-state index contributed by atoms with van der Waals surface area (Å²) in [7, 11) is 0. The van der Waals surface area contributed by atoms with E-state index in [-0.39, 0.29) is 0 Å². The van der Waals surface area contributed by atoms with Gasteiger partial charge >= 0.3 is 69.2 Å². The molecule has 1 aromatic heterocycles. The molecule has 3 nitrogen and oxygen atoms in total. The molecule has 0 spiro atoms. The Morgan fingerprint density at radius 1 is 1.70 bits per heavy atom. The van der Waals surface area contributed by atoms with Crippen molar-refractivity contribution in [3.8, 4) is 0 Å².